The van der Waals surface area contributed by atoms with Crippen LogP contribution in [0.5, 0.6) is 0 Å². The summed E-state index contributed by atoms with van der Waals surface area (Å²) >= 11 is 0. The van der Waals surface area contributed by atoms with Crippen molar-refractivity contribution in [2.75, 3.05) is 4.90 Å². The van der Waals surface area contributed by atoms with E-state index in [1.807, 2.05) is 0 Å². The summed E-state index contributed by atoms with van der Waals surface area (Å²) in [5, 5.41) is 9.95. The lowest BCUT2D eigenvalue weighted by molar-refractivity contribution is 0.768. The highest BCUT2D eigenvalue weighted by Crippen LogP contribution is 2.60. The topological polar surface area (TPSA) is 3.24 Å². The highest BCUT2D eigenvalue weighted by atomic mass is 15.1. The first-order valence-electron chi connectivity index (χ1n) is 20.8. The summed E-state index contributed by atoms with van der Waals surface area (Å²) in [6.07, 6.45) is 0. The van der Waals surface area contributed by atoms with Crippen LogP contribution in [0.25, 0.3) is 65.3 Å². The maximum atomic E-state index is 2.54. The van der Waals surface area contributed by atoms with Gasteiger partial charge in [-0.3, -0.25) is 0 Å². The number of hydrogen-bond donors (Lipinski definition) is 0. The van der Waals surface area contributed by atoms with Crippen molar-refractivity contribution in [3.63, 3.8) is 0 Å². The van der Waals surface area contributed by atoms with E-state index in [2.05, 4.69) is 241 Å². The molecule has 1 aliphatic carbocycles. The molecular weight excluding hydrogens is 723 g/mol. The first-order valence-corrected chi connectivity index (χ1v) is 20.8. The second-order valence-electron chi connectivity index (χ2n) is 16.0. The molecular formula is C59H39N. The van der Waals surface area contributed by atoms with Gasteiger partial charge in [-0.05, 0) is 107 Å². The maximum Gasteiger partial charge on any atom is 0.0714 e. The first kappa shape index (κ1) is 34.3. The van der Waals surface area contributed by atoms with Crippen molar-refractivity contribution in [3.05, 3.63) is 259 Å². The number of benzene rings is 11. The minimum Gasteiger partial charge on any atom is -0.309 e. The van der Waals surface area contributed by atoms with E-state index in [1.165, 1.54) is 87.6 Å². The monoisotopic (exact) mass is 761 g/mol. The fourth-order valence-electron chi connectivity index (χ4n) is 10.4. The summed E-state index contributed by atoms with van der Waals surface area (Å²) in [5.74, 6) is 0. The van der Waals surface area contributed by atoms with E-state index in [9.17, 15) is 0 Å². The lowest BCUT2D eigenvalue weighted by atomic mass is 9.68. The average molecular weight is 762 g/mol. The molecule has 0 bridgehead atoms. The smallest absolute Gasteiger partial charge is 0.0714 e. The van der Waals surface area contributed by atoms with Gasteiger partial charge in [0.1, 0.15) is 0 Å². The number of fused-ring (bicyclic) bond motifs is 9. The quantitative estimate of drug-likeness (QED) is 0.153. The molecule has 0 saturated carbocycles. The largest absolute Gasteiger partial charge is 0.309 e. The Bertz CT molecular complexity index is 3400. The van der Waals surface area contributed by atoms with E-state index in [-0.39, 0.29) is 0 Å². The highest BCUT2D eigenvalue weighted by Gasteiger charge is 2.47. The molecule has 0 radical (unpaired) electrons. The van der Waals surface area contributed by atoms with Crippen molar-refractivity contribution >= 4 is 60.2 Å². The molecule has 280 valence electrons. The summed E-state index contributed by atoms with van der Waals surface area (Å²) in [7, 11) is 0. The van der Waals surface area contributed by atoms with Crippen LogP contribution < -0.4 is 4.90 Å². The van der Waals surface area contributed by atoms with Crippen LogP contribution in [0.3, 0.4) is 0 Å². The lowest BCUT2D eigenvalue weighted by Crippen LogP contribution is -2.28. The average Bonchev–Trinajstić information content (AvgIpc) is 3.64. The minimum atomic E-state index is -0.520. The molecule has 1 nitrogen and oxygen atoms in total. The molecule has 0 unspecified atom stereocenters. The Morgan fingerprint density at radius 2 is 0.817 bits per heavy atom. The van der Waals surface area contributed by atoms with E-state index in [0.29, 0.717) is 0 Å². The molecule has 0 aliphatic heterocycles. The van der Waals surface area contributed by atoms with Crippen LogP contribution >= 0.6 is 0 Å². The van der Waals surface area contributed by atoms with Crippen LogP contribution in [-0.4, -0.2) is 0 Å². The van der Waals surface area contributed by atoms with Crippen molar-refractivity contribution in [1.82, 2.24) is 0 Å². The fourth-order valence-corrected chi connectivity index (χ4v) is 10.4. The molecule has 0 heterocycles. The van der Waals surface area contributed by atoms with Gasteiger partial charge >= 0.3 is 0 Å². The Kier molecular flexibility index (Phi) is 7.83. The summed E-state index contributed by atoms with van der Waals surface area (Å²) in [5.41, 5.74) is 12.9. The Balaban J connectivity index is 1.19. The van der Waals surface area contributed by atoms with Crippen molar-refractivity contribution < 1.29 is 0 Å². The van der Waals surface area contributed by atoms with Gasteiger partial charge in [0.25, 0.3) is 0 Å². The van der Waals surface area contributed by atoms with E-state index in [1.54, 1.807) is 0 Å². The van der Waals surface area contributed by atoms with Gasteiger partial charge in [-0.15, -0.1) is 0 Å². The van der Waals surface area contributed by atoms with Gasteiger partial charge in [-0.1, -0.05) is 206 Å². The standard InChI is InChI=1S/C59H39N/c1-3-22-43(23-4-1)59(44-24-5-2-6-25-44)54-34-16-15-33-52(54)58-55(59)35-18-36-56(58)60(57-39-42-20-8-10-28-47(42)49-30-13-14-32-51(49)57)45-26-17-21-40(37-45)53-38-41-19-7-9-27-46(41)48-29-11-12-31-50(48)53/h1-39H. The molecule has 11 aromatic rings. The molecule has 0 saturated heterocycles. The van der Waals surface area contributed by atoms with Gasteiger partial charge in [0.2, 0.25) is 0 Å². The second kappa shape index (κ2) is 13.7. The Morgan fingerprint density at radius 3 is 1.52 bits per heavy atom. The van der Waals surface area contributed by atoms with Crippen molar-refractivity contribution in [3.8, 4) is 22.3 Å². The van der Waals surface area contributed by atoms with Gasteiger partial charge in [0.15, 0.2) is 0 Å². The Hall–Kier alpha value is -7.74. The molecule has 0 N–H and O–H groups in total. The number of rotatable bonds is 6. The Labute approximate surface area is 350 Å². The van der Waals surface area contributed by atoms with Crippen LogP contribution in [0.15, 0.2) is 237 Å². The molecule has 0 spiro atoms. The van der Waals surface area contributed by atoms with Crippen molar-refractivity contribution in [2.45, 2.75) is 5.41 Å². The predicted octanol–water partition coefficient (Wildman–Crippen LogP) is 15.8. The summed E-state index contributed by atoms with van der Waals surface area (Å²) in [6.45, 7) is 0. The molecule has 60 heavy (non-hydrogen) atoms. The zero-order valence-electron chi connectivity index (χ0n) is 33.0. The van der Waals surface area contributed by atoms with Crippen LogP contribution in [0.2, 0.25) is 0 Å². The first-order chi connectivity index (χ1) is 29.8. The molecule has 0 fully saturated rings. The van der Waals surface area contributed by atoms with Crippen LogP contribution in [0, 0.1) is 0 Å². The van der Waals surface area contributed by atoms with Crippen LogP contribution in [0.1, 0.15) is 22.3 Å². The summed E-state index contributed by atoms with van der Waals surface area (Å²) in [6, 6.07) is 87.5. The summed E-state index contributed by atoms with van der Waals surface area (Å²) < 4.78 is 0. The number of nitrogens with zero attached hydrogens (tertiary/aromatic N) is 1. The molecule has 0 aromatic heterocycles. The second-order valence-corrected chi connectivity index (χ2v) is 16.0. The molecule has 11 aromatic carbocycles. The third kappa shape index (κ3) is 5.06. The Morgan fingerprint density at radius 1 is 0.300 bits per heavy atom. The zero-order valence-corrected chi connectivity index (χ0v) is 33.0. The van der Waals surface area contributed by atoms with Gasteiger partial charge in [-0.25, -0.2) is 0 Å². The predicted molar refractivity (Wildman–Crippen MR) is 254 cm³/mol. The molecule has 0 amide bonds. The molecule has 1 heteroatoms. The maximum absolute atomic E-state index is 2.54. The zero-order chi connectivity index (χ0) is 39.6. The fraction of sp³-hybridized carbons (Fsp3) is 0.0169. The third-order valence-corrected chi connectivity index (χ3v) is 12.9. The van der Waals surface area contributed by atoms with Crippen LogP contribution in [-0.2, 0) is 5.41 Å². The van der Waals surface area contributed by atoms with Gasteiger partial charge in [0.05, 0.1) is 16.8 Å². The van der Waals surface area contributed by atoms with Crippen LogP contribution in [0.4, 0.5) is 17.1 Å². The summed E-state index contributed by atoms with van der Waals surface area (Å²) in [4.78, 5) is 2.54. The van der Waals surface area contributed by atoms with E-state index in [0.717, 1.165) is 17.1 Å². The normalized spacial score (nSPS) is 12.8. The van der Waals surface area contributed by atoms with Crippen molar-refractivity contribution in [1.29, 1.82) is 0 Å². The third-order valence-electron chi connectivity index (χ3n) is 12.9. The lowest BCUT2D eigenvalue weighted by Gasteiger charge is -2.34. The molecule has 1 aliphatic rings. The van der Waals surface area contributed by atoms with Gasteiger partial charge in [0, 0.05) is 16.6 Å². The van der Waals surface area contributed by atoms with E-state index in [4.69, 9.17) is 0 Å². The molecule has 0 atom stereocenters. The minimum absolute atomic E-state index is 0.520. The highest BCUT2D eigenvalue weighted by molar-refractivity contribution is 6.16. The van der Waals surface area contributed by atoms with Gasteiger partial charge in [-0.2, -0.15) is 0 Å². The van der Waals surface area contributed by atoms with Crippen molar-refractivity contribution in [2.24, 2.45) is 0 Å². The van der Waals surface area contributed by atoms with E-state index < -0.39 is 5.41 Å². The molecule has 12 rings (SSSR count). The van der Waals surface area contributed by atoms with E-state index >= 15 is 0 Å². The SMILES string of the molecule is c1ccc(C2(c3ccccc3)c3ccccc3-c3c(N(c4cccc(-c5cc6ccccc6c6ccccc56)c4)c4cc5ccccc5c5ccccc45)cccc32)cc1. The number of anilines is 3. The van der Waals surface area contributed by atoms with Gasteiger partial charge < -0.3 is 4.90 Å². The number of hydrogen-bond acceptors (Lipinski definition) is 1.